The Morgan fingerprint density at radius 2 is 1.65 bits per heavy atom. The zero-order chi connectivity index (χ0) is 17.8. The van der Waals surface area contributed by atoms with E-state index >= 15 is 0 Å². The molecule has 26 heavy (non-hydrogen) atoms. The van der Waals surface area contributed by atoms with Crippen molar-refractivity contribution in [1.82, 2.24) is 9.55 Å². The average molecular weight is 359 g/mol. The molecule has 0 fully saturated rings. The van der Waals surface area contributed by atoms with Crippen LogP contribution in [0.3, 0.4) is 0 Å². The highest BCUT2D eigenvalue weighted by Crippen LogP contribution is 2.20. The third-order valence-corrected chi connectivity index (χ3v) is 5.01. The number of rotatable bonds is 5. The third-order valence-electron chi connectivity index (χ3n) is 4.00. The smallest absolute Gasteiger partial charge is 0.234 e. The molecule has 4 nitrogen and oxygen atoms in total. The molecule has 128 valence electrons. The van der Waals surface area contributed by atoms with Gasteiger partial charge in [0.15, 0.2) is 0 Å². The van der Waals surface area contributed by atoms with Gasteiger partial charge in [0.1, 0.15) is 6.33 Å². The molecule has 1 amide bonds. The van der Waals surface area contributed by atoms with E-state index in [1.807, 2.05) is 89.8 Å². The Hall–Kier alpha value is -3.05. The van der Waals surface area contributed by atoms with Crippen molar-refractivity contribution in [3.63, 3.8) is 0 Å². The summed E-state index contributed by atoms with van der Waals surface area (Å²) in [4.78, 5) is 17.6. The maximum absolute atomic E-state index is 12.1. The van der Waals surface area contributed by atoms with Gasteiger partial charge in [-0.3, -0.25) is 9.36 Å². The van der Waals surface area contributed by atoms with Crippen molar-refractivity contribution in [1.29, 1.82) is 0 Å². The lowest BCUT2D eigenvalue weighted by molar-refractivity contribution is -0.113. The number of nitrogens with one attached hydrogen (secondary N) is 1. The van der Waals surface area contributed by atoms with Crippen LogP contribution in [-0.4, -0.2) is 21.2 Å². The number of thioether (sulfide) groups is 1. The molecule has 1 heterocycles. The summed E-state index contributed by atoms with van der Waals surface area (Å²) in [6, 6.07) is 25.7. The first-order valence-electron chi connectivity index (χ1n) is 8.30. The number of imidazole rings is 1. The van der Waals surface area contributed by atoms with Crippen LogP contribution in [0.15, 0.2) is 90.1 Å². The Labute approximate surface area is 155 Å². The van der Waals surface area contributed by atoms with Crippen molar-refractivity contribution in [2.45, 2.75) is 4.90 Å². The monoisotopic (exact) mass is 359 g/mol. The van der Waals surface area contributed by atoms with Crippen LogP contribution in [0.5, 0.6) is 0 Å². The first kappa shape index (κ1) is 16.4. The highest BCUT2D eigenvalue weighted by Gasteiger charge is 2.06. The molecule has 0 radical (unpaired) electrons. The van der Waals surface area contributed by atoms with Crippen molar-refractivity contribution in [2.24, 2.45) is 0 Å². The van der Waals surface area contributed by atoms with E-state index in [4.69, 9.17) is 0 Å². The van der Waals surface area contributed by atoms with Crippen molar-refractivity contribution in [2.75, 3.05) is 11.1 Å². The second kappa shape index (κ2) is 7.45. The van der Waals surface area contributed by atoms with Crippen LogP contribution in [0.1, 0.15) is 0 Å². The topological polar surface area (TPSA) is 46.9 Å². The van der Waals surface area contributed by atoms with E-state index < -0.39 is 0 Å². The molecule has 0 spiro atoms. The van der Waals surface area contributed by atoms with Crippen molar-refractivity contribution < 1.29 is 4.79 Å². The third kappa shape index (κ3) is 3.63. The maximum atomic E-state index is 12.1. The van der Waals surface area contributed by atoms with Gasteiger partial charge in [0.05, 0.1) is 16.8 Å². The largest absolute Gasteiger partial charge is 0.325 e. The van der Waals surface area contributed by atoms with Crippen LogP contribution in [-0.2, 0) is 4.79 Å². The molecular formula is C21H17N3OS. The number of para-hydroxylation sites is 2. The standard InChI is InChI=1S/C21H17N3OS/c25-21(14-26-18-6-2-1-3-7-18)23-16-10-12-17(13-11-16)24-15-22-19-8-4-5-9-20(19)24/h1-13,15H,14H2,(H,23,25). The summed E-state index contributed by atoms with van der Waals surface area (Å²) in [7, 11) is 0. The predicted octanol–water partition coefficient (Wildman–Crippen LogP) is 4.76. The molecular weight excluding hydrogens is 342 g/mol. The second-order valence-electron chi connectivity index (χ2n) is 5.80. The van der Waals surface area contributed by atoms with Gasteiger partial charge in [0.25, 0.3) is 0 Å². The fourth-order valence-electron chi connectivity index (χ4n) is 2.73. The Bertz CT molecular complexity index is 1030. The van der Waals surface area contributed by atoms with Crippen LogP contribution >= 0.6 is 11.8 Å². The number of carbonyl (C=O) groups excluding carboxylic acids is 1. The number of aromatic nitrogens is 2. The van der Waals surface area contributed by atoms with Gasteiger partial charge in [-0.15, -0.1) is 11.8 Å². The molecule has 0 aliphatic heterocycles. The molecule has 0 unspecified atom stereocenters. The molecule has 1 aromatic heterocycles. The van der Waals surface area contributed by atoms with E-state index in [0.29, 0.717) is 5.75 Å². The van der Waals surface area contributed by atoms with Gasteiger partial charge in [-0.1, -0.05) is 30.3 Å². The number of amides is 1. The van der Waals surface area contributed by atoms with E-state index in [2.05, 4.69) is 10.3 Å². The van der Waals surface area contributed by atoms with Gasteiger partial charge in [-0.2, -0.15) is 0 Å². The average Bonchev–Trinajstić information content (AvgIpc) is 3.12. The van der Waals surface area contributed by atoms with Gasteiger partial charge in [0, 0.05) is 16.3 Å². The SMILES string of the molecule is O=C(CSc1ccccc1)Nc1ccc(-n2cnc3ccccc32)cc1. The second-order valence-corrected chi connectivity index (χ2v) is 6.85. The molecule has 0 saturated heterocycles. The van der Waals surface area contributed by atoms with Gasteiger partial charge in [-0.05, 0) is 48.5 Å². The minimum absolute atomic E-state index is 0.0142. The van der Waals surface area contributed by atoms with Crippen LogP contribution in [0.2, 0.25) is 0 Å². The van der Waals surface area contributed by atoms with Crippen LogP contribution in [0.4, 0.5) is 5.69 Å². The maximum Gasteiger partial charge on any atom is 0.234 e. The Morgan fingerprint density at radius 3 is 2.46 bits per heavy atom. The molecule has 4 aromatic rings. The normalized spacial score (nSPS) is 10.8. The van der Waals surface area contributed by atoms with E-state index in [9.17, 15) is 4.79 Å². The molecule has 5 heteroatoms. The minimum atomic E-state index is -0.0142. The highest BCUT2D eigenvalue weighted by atomic mass is 32.2. The van der Waals surface area contributed by atoms with Crippen molar-refractivity contribution in [3.05, 3.63) is 85.2 Å². The molecule has 0 saturated carbocycles. The predicted molar refractivity (Wildman–Crippen MR) is 107 cm³/mol. The summed E-state index contributed by atoms with van der Waals surface area (Å²) in [5.41, 5.74) is 3.82. The summed E-state index contributed by atoms with van der Waals surface area (Å²) in [5.74, 6) is 0.373. The van der Waals surface area contributed by atoms with Crippen LogP contribution in [0, 0.1) is 0 Å². The summed E-state index contributed by atoms with van der Waals surface area (Å²) in [5, 5.41) is 2.94. The number of hydrogen-bond donors (Lipinski definition) is 1. The molecule has 0 bridgehead atoms. The molecule has 1 N–H and O–H groups in total. The number of fused-ring (bicyclic) bond motifs is 1. The van der Waals surface area contributed by atoms with E-state index in [0.717, 1.165) is 27.3 Å². The fourth-order valence-corrected chi connectivity index (χ4v) is 3.45. The zero-order valence-corrected chi connectivity index (χ0v) is 14.8. The Kier molecular flexibility index (Phi) is 4.71. The highest BCUT2D eigenvalue weighted by molar-refractivity contribution is 8.00. The molecule has 0 atom stereocenters. The van der Waals surface area contributed by atoms with Gasteiger partial charge >= 0.3 is 0 Å². The quantitative estimate of drug-likeness (QED) is 0.523. The number of hydrogen-bond acceptors (Lipinski definition) is 3. The van der Waals surface area contributed by atoms with E-state index in [1.165, 1.54) is 11.8 Å². The summed E-state index contributed by atoms with van der Waals surface area (Å²) in [6.07, 6.45) is 1.81. The van der Waals surface area contributed by atoms with E-state index in [1.54, 1.807) is 0 Å². The number of anilines is 1. The van der Waals surface area contributed by atoms with Gasteiger partial charge in [0.2, 0.25) is 5.91 Å². The fraction of sp³-hybridized carbons (Fsp3) is 0.0476. The van der Waals surface area contributed by atoms with Crippen molar-refractivity contribution in [3.8, 4) is 5.69 Å². The van der Waals surface area contributed by atoms with Crippen LogP contribution < -0.4 is 5.32 Å². The lowest BCUT2D eigenvalue weighted by Gasteiger charge is -2.08. The Balaban J connectivity index is 1.42. The lowest BCUT2D eigenvalue weighted by atomic mass is 10.2. The zero-order valence-electron chi connectivity index (χ0n) is 14.0. The van der Waals surface area contributed by atoms with Crippen molar-refractivity contribution >= 4 is 34.4 Å². The number of carbonyl (C=O) groups is 1. The number of benzene rings is 3. The minimum Gasteiger partial charge on any atom is -0.325 e. The molecule has 3 aromatic carbocycles. The Morgan fingerprint density at radius 1 is 0.923 bits per heavy atom. The van der Waals surface area contributed by atoms with Gasteiger partial charge < -0.3 is 5.32 Å². The van der Waals surface area contributed by atoms with Gasteiger partial charge in [-0.25, -0.2) is 4.98 Å². The summed E-state index contributed by atoms with van der Waals surface area (Å²) < 4.78 is 2.03. The first-order chi connectivity index (χ1) is 12.8. The summed E-state index contributed by atoms with van der Waals surface area (Å²) in [6.45, 7) is 0. The molecule has 4 rings (SSSR count). The summed E-state index contributed by atoms with van der Waals surface area (Å²) >= 11 is 1.53. The van der Waals surface area contributed by atoms with E-state index in [-0.39, 0.29) is 5.91 Å². The lowest BCUT2D eigenvalue weighted by Crippen LogP contribution is -2.13. The van der Waals surface area contributed by atoms with Crippen LogP contribution in [0.25, 0.3) is 16.7 Å². The first-order valence-corrected chi connectivity index (χ1v) is 9.28. The number of nitrogens with zero attached hydrogens (tertiary/aromatic N) is 2. The molecule has 0 aliphatic carbocycles. The molecule has 0 aliphatic rings.